The molecule has 0 radical (unpaired) electrons. The van der Waals surface area contributed by atoms with E-state index in [0.29, 0.717) is 16.6 Å². The lowest BCUT2D eigenvalue weighted by Crippen LogP contribution is -2.11. The van der Waals surface area contributed by atoms with Crippen LogP contribution in [0.25, 0.3) is 11.0 Å². The molecular formula is C16H12FN3O3. The Bertz CT molecular complexity index is 904. The van der Waals surface area contributed by atoms with Crippen LogP contribution in [0.2, 0.25) is 0 Å². The lowest BCUT2D eigenvalue weighted by atomic mass is 10.0. The summed E-state index contributed by atoms with van der Waals surface area (Å²) >= 11 is 0. The zero-order chi connectivity index (χ0) is 16.4. The standard InChI is InChI=1S/C16H12FN3O3/c1-23-16(22)20-15-18-12-7-6-9(8-13(12)19-15)14(21)10-4-2-3-5-11(10)17/h2-8H,1H3,(H2,18,19,20,22). The van der Waals surface area contributed by atoms with E-state index < -0.39 is 17.7 Å². The molecule has 1 heterocycles. The minimum absolute atomic E-state index is 0.000672. The molecule has 0 aliphatic heterocycles. The summed E-state index contributed by atoms with van der Waals surface area (Å²) in [4.78, 5) is 30.5. The molecule has 1 aromatic heterocycles. The molecule has 6 nitrogen and oxygen atoms in total. The van der Waals surface area contributed by atoms with Crippen molar-refractivity contribution in [2.75, 3.05) is 12.4 Å². The van der Waals surface area contributed by atoms with Gasteiger partial charge in [0.05, 0.1) is 23.7 Å². The Balaban J connectivity index is 1.95. The highest BCUT2D eigenvalue weighted by molar-refractivity contribution is 6.10. The molecule has 116 valence electrons. The molecule has 0 saturated carbocycles. The molecule has 0 unspecified atom stereocenters. The Kier molecular flexibility index (Phi) is 3.76. The van der Waals surface area contributed by atoms with Gasteiger partial charge in [-0.3, -0.25) is 10.1 Å². The van der Waals surface area contributed by atoms with Crippen LogP contribution in [0.15, 0.2) is 42.5 Å². The quantitative estimate of drug-likeness (QED) is 0.728. The summed E-state index contributed by atoms with van der Waals surface area (Å²) in [5.74, 6) is -0.806. The van der Waals surface area contributed by atoms with E-state index in [0.717, 1.165) is 0 Å². The predicted molar refractivity (Wildman–Crippen MR) is 82.0 cm³/mol. The van der Waals surface area contributed by atoms with Crippen molar-refractivity contribution in [2.24, 2.45) is 0 Å². The first-order valence-corrected chi connectivity index (χ1v) is 6.72. The van der Waals surface area contributed by atoms with Gasteiger partial charge in [0, 0.05) is 5.56 Å². The van der Waals surface area contributed by atoms with Crippen LogP contribution in [0.5, 0.6) is 0 Å². The SMILES string of the molecule is COC(=O)Nc1nc2ccc(C(=O)c3ccccc3F)cc2[nH]1. The molecule has 0 atom stereocenters. The fourth-order valence-electron chi connectivity index (χ4n) is 2.16. The van der Waals surface area contributed by atoms with Crippen molar-refractivity contribution >= 4 is 28.9 Å². The molecule has 2 N–H and O–H groups in total. The monoisotopic (exact) mass is 313 g/mol. The van der Waals surface area contributed by atoms with Crippen LogP contribution in [0, 0.1) is 5.82 Å². The molecule has 1 amide bonds. The van der Waals surface area contributed by atoms with Gasteiger partial charge in [-0.1, -0.05) is 12.1 Å². The number of hydrogen-bond acceptors (Lipinski definition) is 4. The number of carbonyl (C=O) groups is 2. The topological polar surface area (TPSA) is 84.1 Å². The second kappa shape index (κ2) is 5.88. The Morgan fingerprint density at radius 1 is 1.22 bits per heavy atom. The largest absolute Gasteiger partial charge is 0.453 e. The maximum atomic E-state index is 13.7. The number of nitrogens with zero attached hydrogens (tertiary/aromatic N) is 1. The third-order valence-corrected chi connectivity index (χ3v) is 3.27. The highest BCUT2D eigenvalue weighted by atomic mass is 19.1. The Labute approximate surface area is 130 Å². The van der Waals surface area contributed by atoms with Gasteiger partial charge >= 0.3 is 6.09 Å². The van der Waals surface area contributed by atoms with E-state index in [1.165, 1.54) is 25.3 Å². The number of halogens is 1. The van der Waals surface area contributed by atoms with Crippen molar-refractivity contribution in [3.05, 3.63) is 59.4 Å². The Morgan fingerprint density at radius 2 is 2.00 bits per heavy atom. The minimum Gasteiger partial charge on any atom is -0.453 e. The molecule has 2 aromatic carbocycles. The molecule has 3 aromatic rings. The molecule has 0 bridgehead atoms. The molecule has 7 heteroatoms. The van der Waals surface area contributed by atoms with Crippen LogP contribution in [0.1, 0.15) is 15.9 Å². The number of benzene rings is 2. The number of ether oxygens (including phenoxy) is 1. The zero-order valence-corrected chi connectivity index (χ0v) is 12.1. The smallest absolute Gasteiger partial charge is 0.413 e. The normalized spacial score (nSPS) is 10.5. The van der Waals surface area contributed by atoms with Crippen LogP contribution in [0.4, 0.5) is 15.1 Å². The summed E-state index contributed by atoms with van der Waals surface area (Å²) < 4.78 is 18.2. The number of aromatic nitrogens is 2. The molecule has 0 spiro atoms. The van der Waals surface area contributed by atoms with Crippen LogP contribution in [-0.4, -0.2) is 29.0 Å². The van der Waals surface area contributed by atoms with Crippen molar-refractivity contribution in [1.82, 2.24) is 9.97 Å². The number of H-pyrrole nitrogens is 1. The molecule has 0 aliphatic rings. The van der Waals surface area contributed by atoms with E-state index >= 15 is 0 Å². The number of amides is 1. The number of imidazole rings is 1. The highest BCUT2D eigenvalue weighted by Crippen LogP contribution is 2.19. The third kappa shape index (κ3) is 2.89. The lowest BCUT2D eigenvalue weighted by molar-refractivity contribution is 0.103. The highest BCUT2D eigenvalue weighted by Gasteiger charge is 2.15. The van der Waals surface area contributed by atoms with Crippen LogP contribution in [-0.2, 0) is 4.74 Å². The average molecular weight is 313 g/mol. The zero-order valence-electron chi connectivity index (χ0n) is 12.1. The summed E-state index contributed by atoms with van der Waals surface area (Å²) in [6.45, 7) is 0. The van der Waals surface area contributed by atoms with E-state index in [1.807, 2.05) is 0 Å². The first-order valence-electron chi connectivity index (χ1n) is 6.72. The third-order valence-electron chi connectivity index (χ3n) is 3.27. The Hall–Kier alpha value is -3.22. The summed E-state index contributed by atoms with van der Waals surface area (Å²) in [6, 6.07) is 10.5. The molecule has 0 aliphatic carbocycles. The maximum Gasteiger partial charge on any atom is 0.413 e. The second-order valence-corrected chi connectivity index (χ2v) is 4.74. The number of rotatable bonds is 3. The van der Waals surface area contributed by atoms with E-state index in [-0.39, 0.29) is 11.5 Å². The molecule has 0 fully saturated rings. The summed E-state index contributed by atoms with van der Waals surface area (Å²) in [6.07, 6.45) is -0.660. The second-order valence-electron chi connectivity index (χ2n) is 4.74. The number of anilines is 1. The van der Waals surface area contributed by atoms with Gasteiger partial charge in [0.1, 0.15) is 5.82 Å². The predicted octanol–water partition coefficient (Wildman–Crippen LogP) is 3.11. The Morgan fingerprint density at radius 3 is 2.74 bits per heavy atom. The van der Waals surface area contributed by atoms with Gasteiger partial charge in [0.25, 0.3) is 0 Å². The summed E-state index contributed by atoms with van der Waals surface area (Å²) in [5, 5.41) is 2.40. The van der Waals surface area contributed by atoms with E-state index in [9.17, 15) is 14.0 Å². The van der Waals surface area contributed by atoms with Crippen molar-refractivity contribution in [3.63, 3.8) is 0 Å². The fourth-order valence-corrected chi connectivity index (χ4v) is 2.16. The number of methoxy groups -OCH3 is 1. The van der Waals surface area contributed by atoms with Crippen LogP contribution in [0.3, 0.4) is 0 Å². The van der Waals surface area contributed by atoms with Crippen molar-refractivity contribution in [2.45, 2.75) is 0 Å². The van der Waals surface area contributed by atoms with E-state index in [1.54, 1.807) is 24.3 Å². The first kappa shape index (κ1) is 14.7. The van der Waals surface area contributed by atoms with Gasteiger partial charge in [-0.05, 0) is 30.3 Å². The van der Waals surface area contributed by atoms with Crippen molar-refractivity contribution in [3.8, 4) is 0 Å². The summed E-state index contributed by atoms with van der Waals surface area (Å²) in [5.41, 5.74) is 1.41. The van der Waals surface area contributed by atoms with Gasteiger partial charge in [0.2, 0.25) is 5.95 Å². The number of nitrogens with one attached hydrogen (secondary N) is 2. The minimum atomic E-state index is -0.660. The van der Waals surface area contributed by atoms with Crippen molar-refractivity contribution < 1.29 is 18.7 Å². The number of aromatic amines is 1. The molecular weight excluding hydrogens is 301 g/mol. The lowest BCUT2D eigenvalue weighted by Gasteiger charge is -2.02. The number of hydrogen-bond donors (Lipinski definition) is 2. The molecule has 23 heavy (non-hydrogen) atoms. The average Bonchev–Trinajstić information content (AvgIpc) is 2.95. The van der Waals surface area contributed by atoms with Gasteiger partial charge in [-0.2, -0.15) is 0 Å². The van der Waals surface area contributed by atoms with Crippen molar-refractivity contribution in [1.29, 1.82) is 0 Å². The molecule has 3 rings (SSSR count). The fraction of sp³-hybridized carbons (Fsp3) is 0.0625. The molecule has 0 saturated heterocycles. The van der Waals surface area contributed by atoms with Gasteiger partial charge in [0.15, 0.2) is 5.78 Å². The van der Waals surface area contributed by atoms with Gasteiger partial charge in [-0.25, -0.2) is 14.2 Å². The number of fused-ring (bicyclic) bond motifs is 1. The number of ketones is 1. The first-order chi connectivity index (χ1) is 11.1. The van der Waals surface area contributed by atoms with E-state index in [2.05, 4.69) is 20.0 Å². The van der Waals surface area contributed by atoms with Gasteiger partial charge in [-0.15, -0.1) is 0 Å². The number of carbonyl (C=O) groups excluding carboxylic acids is 2. The van der Waals surface area contributed by atoms with Crippen LogP contribution < -0.4 is 5.32 Å². The summed E-state index contributed by atoms with van der Waals surface area (Å²) in [7, 11) is 1.24. The van der Waals surface area contributed by atoms with Crippen LogP contribution >= 0.6 is 0 Å². The van der Waals surface area contributed by atoms with Gasteiger partial charge < -0.3 is 9.72 Å². The maximum absolute atomic E-state index is 13.7. The van der Waals surface area contributed by atoms with E-state index in [4.69, 9.17) is 0 Å².